The third-order valence-corrected chi connectivity index (χ3v) is 3.15. The minimum absolute atomic E-state index is 0.248. The van der Waals surface area contributed by atoms with Crippen LogP contribution in [0.1, 0.15) is 53.0 Å². The number of rotatable bonds is 4. The largest absolute Gasteiger partial charge is 0.374 e. The smallest absolute Gasteiger partial charge is 0.159 e. The molecule has 2 rings (SSSR count). The lowest BCUT2D eigenvalue weighted by molar-refractivity contribution is -0.116. The van der Waals surface area contributed by atoms with E-state index in [9.17, 15) is 4.79 Å². The van der Waals surface area contributed by atoms with Crippen molar-refractivity contribution < 1.29 is 4.79 Å². The molecule has 0 saturated carbocycles. The summed E-state index contributed by atoms with van der Waals surface area (Å²) in [5, 5.41) is 0. The number of carbonyl (C=O) groups is 1. The van der Waals surface area contributed by atoms with E-state index in [-0.39, 0.29) is 5.78 Å². The molecule has 0 saturated heterocycles. The van der Waals surface area contributed by atoms with Crippen LogP contribution in [0.5, 0.6) is 0 Å². The Morgan fingerprint density at radius 3 is 2.29 bits per heavy atom. The van der Waals surface area contributed by atoms with Crippen LogP contribution in [-0.2, 0) is 11.2 Å². The molecule has 0 radical (unpaired) electrons. The minimum Gasteiger partial charge on any atom is -0.374 e. The molecule has 0 fully saturated rings. The van der Waals surface area contributed by atoms with Crippen LogP contribution in [0.15, 0.2) is 42.6 Å². The number of benzene rings is 1. The summed E-state index contributed by atoms with van der Waals surface area (Å²) >= 11 is 0. The predicted octanol–water partition coefficient (Wildman–Crippen LogP) is 4.85. The van der Waals surface area contributed by atoms with E-state index in [0.717, 1.165) is 19.4 Å². The lowest BCUT2D eigenvalue weighted by atomic mass is 9.97. The number of carbonyl (C=O) groups excluding carboxylic acids is 1. The first-order chi connectivity index (χ1) is 10.3. The third kappa shape index (κ3) is 7.12. The first-order valence-corrected chi connectivity index (χ1v) is 8.30. The maximum atomic E-state index is 11.5. The fourth-order valence-electron chi connectivity index (χ4n) is 2.31. The van der Waals surface area contributed by atoms with Gasteiger partial charge in [0, 0.05) is 25.2 Å². The van der Waals surface area contributed by atoms with Crippen molar-refractivity contribution in [3.05, 3.63) is 48.2 Å². The third-order valence-electron chi connectivity index (χ3n) is 3.15. The van der Waals surface area contributed by atoms with Gasteiger partial charge in [0.15, 0.2) is 5.78 Å². The number of ketones is 1. The van der Waals surface area contributed by atoms with Gasteiger partial charge in [0.1, 0.15) is 0 Å². The van der Waals surface area contributed by atoms with Crippen LogP contribution in [0.4, 0.5) is 0 Å². The molecule has 1 heterocycles. The van der Waals surface area contributed by atoms with E-state index in [0.29, 0.717) is 12.5 Å². The van der Waals surface area contributed by atoms with Gasteiger partial charge >= 0.3 is 0 Å². The summed E-state index contributed by atoms with van der Waals surface area (Å²) < 4.78 is 0. The zero-order valence-corrected chi connectivity index (χ0v) is 14.3. The van der Waals surface area contributed by atoms with Crippen molar-refractivity contribution in [1.29, 1.82) is 0 Å². The van der Waals surface area contributed by atoms with Crippen LogP contribution in [0.2, 0.25) is 0 Å². The highest BCUT2D eigenvalue weighted by Gasteiger charge is 2.21. The molecule has 1 aromatic rings. The summed E-state index contributed by atoms with van der Waals surface area (Å²) in [4.78, 5) is 13.8. The summed E-state index contributed by atoms with van der Waals surface area (Å²) in [6.07, 6.45) is 6.38. The molecule has 1 atom stereocenters. The predicted molar refractivity (Wildman–Crippen MR) is 92.4 cm³/mol. The van der Waals surface area contributed by atoms with Gasteiger partial charge in [-0.2, -0.15) is 0 Å². The van der Waals surface area contributed by atoms with Crippen LogP contribution in [0.25, 0.3) is 0 Å². The van der Waals surface area contributed by atoms with Crippen LogP contribution in [0.3, 0.4) is 0 Å². The van der Waals surface area contributed by atoms with Gasteiger partial charge < -0.3 is 4.90 Å². The molecular formula is C19H31NO. The van der Waals surface area contributed by atoms with E-state index in [1.54, 1.807) is 6.08 Å². The molecule has 1 aliphatic heterocycles. The summed E-state index contributed by atoms with van der Waals surface area (Å²) in [6.45, 7) is 11.2. The van der Waals surface area contributed by atoms with Crippen molar-refractivity contribution in [1.82, 2.24) is 4.90 Å². The SMILES string of the molecule is CC.CC.CCCN1C=CC(=O)CC1Cc1ccccc1. The number of hydrogen-bond acceptors (Lipinski definition) is 2. The van der Waals surface area contributed by atoms with E-state index in [1.807, 2.05) is 40.0 Å². The van der Waals surface area contributed by atoms with Crippen molar-refractivity contribution >= 4 is 5.78 Å². The fourth-order valence-corrected chi connectivity index (χ4v) is 2.31. The number of nitrogens with zero attached hydrogens (tertiary/aromatic N) is 1. The topological polar surface area (TPSA) is 20.3 Å². The Hall–Kier alpha value is -1.57. The molecule has 0 amide bonds. The molecule has 0 N–H and O–H groups in total. The van der Waals surface area contributed by atoms with Gasteiger partial charge in [-0.15, -0.1) is 0 Å². The Balaban J connectivity index is 0.000000921. The van der Waals surface area contributed by atoms with E-state index >= 15 is 0 Å². The minimum atomic E-state index is 0.248. The molecule has 0 aromatic heterocycles. The van der Waals surface area contributed by atoms with Gasteiger partial charge in [0.25, 0.3) is 0 Å². The molecule has 21 heavy (non-hydrogen) atoms. The Labute approximate surface area is 130 Å². The van der Waals surface area contributed by atoms with Crippen LogP contribution in [-0.4, -0.2) is 23.3 Å². The molecule has 0 spiro atoms. The number of hydrogen-bond donors (Lipinski definition) is 0. The molecule has 118 valence electrons. The second kappa shape index (κ2) is 12.2. The summed E-state index contributed by atoms with van der Waals surface area (Å²) in [5.74, 6) is 0.248. The molecule has 1 aliphatic rings. The second-order valence-corrected chi connectivity index (χ2v) is 4.57. The molecule has 2 heteroatoms. The van der Waals surface area contributed by atoms with Crippen molar-refractivity contribution in [2.24, 2.45) is 0 Å². The van der Waals surface area contributed by atoms with Crippen molar-refractivity contribution in [2.75, 3.05) is 6.54 Å². The van der Waals surface area contributed by atoms with Gasteiger partial charge in [-0.3, -0.25) is 4.79 Å². The average molecular weight is 289 g/mol. The zero-order chi connectivity index (χ0) is 16.1. The lowest BCUT2D eigenvalue weighted by Gasteiger charge is -2.32. The first-order valence-electron chi connectivity index (χ1n) is 8.30. The Kier molecular flexibility index (Phi) is 11.3. The Morgan fingerprint density at radius 1 is 1.10 bits per heavy atom. The maximum Gasteiger partial charge on any atom is 0.159 e. The van der Waals surface area contributed by atoms with Crippen LogP contribution >= 0.6 is 0 Å². The van der Waals surface area contributed by atoms with Gasteiger partial charge in [-0.1, -0.05) is 65.0 Å². The normalized spacial score (nSPS) is 16.5. The molecule has 2 nitrogen and oxygen atoms in total. The van der Waals surface area contributed by atoms with Gasteiger partial charge in [-0.05, 0) is 24.5 Å². The Morgan fingerprint density at radius 2 is 1.71 bits per heavy atom. The standard InChI is InChI=1S/C15H19NO.2C2H6/c1-2-9-16-10-8-15(17)12-14(16)11-13-6-4-3-5-7-13;2*1-2/h3-8,10,14H,2,9,11-12H2,1H3;2*1-2H3. The highest BCUT2D eigenvalue weighted by Crippen LogP contribution is 2.17. The lowest BCUT2D eigenvalue weighted by Crippen LogP contribution is -2.37. The summed E-state index contributed by atoms with van der Waals surface area (Å²) in [5.41, 5.74) is 1.31. The molecule has 1 unspecified atom stereocenters. The van der Waals surface area contributed by atoms with E-state index in [4.69, 9.17) is 0 Å². The monoisotopic (exact) mass is 289 g/mol. The summed E-state index contributed by atoms with van der Waals surface area (Å²) in [7, 11) is 0. The van der Waals surface area contributed by atoms with Gasteiger partial charge in [0.05, 0.1) is 0 Å². The molecule has 0 bridgehead atoms. The highest BCUT2D eigenvalue weighted by atomic mass is 16.1. The van der Waals surface area contributed by atoms with E-state index < -0.39 is 0 Å². The quantitative estimate of drug-likeness (QED) is 0.790. The zero-order valence-electron chi connectivity index (χ0n) is 14.3. The second-order valence-electron chi connectivity index (χ2n) is 4.57. The first kappa shape index (κ1) is 19.4. The number of allylic oxidation sites excluding steroid dienone is 1. The van der Waals surface area contributed by atoms with E-state index in [1.165, 1.54) is 5.56 Å². The van der Waals surface area contributed by atoms with Gasteiger partial charge in [-0.25, -0.2) is 0 Å². The fraction of sp³-hybridized carbons (Fsp3) is 0.526. The summed E-state index contributed by atoms with van der Waals surface area (Å²) in [6, 6.07) is 10.7. The van der Waals surface area contributed by atoms with Crippen LogP contribution < -0.4 is 0 Å². The maximum absolute atomic E-state index is 11.5. The van der Waals surface area contributed by atoms with Crippen LogP contribution in [0, 0.1) is 0 Å². The van der Waals surface area contributed by atoms with Crippen molar-refractivity contribution in [2.45, 2.75) is 59.9 Å². The van der Waals surface area contributed by atoms with Crippen molar-refractivity contribution in [3.63, 3.8) is 0 Å². The van der Waals surface area contributed by atoms with Gasteiger partial charge in [0.2, 0.25) is 0 Å². The highest BCUT2D eigenvalue weighted by molar-refractivity contribution is 5.90. The molecule has 1 aromatic carbocycles. The average Bonchev–Trinajstić information content (AvgIpc) is 2.55. The molecule has 0 aliphatic carbocycles. The Bertz CT molecular complexity index is 397. The van der Waals surface area contributed by atoms with E-state index in [2.05, 4.69) is 36.1 Å². The molecular weight excluding hydrogens is 258 g/mol. The van der Waals surface area contributed by atoms with Crippen molar-refractivity contribution in [3.8, 4) is 0 Å².